The molecule has 1 N–H and O–H groups in total. The summed E-state index contributed by atoms with van der Waals surface area (Å²) in [6, 6.07) is 15.2. The van der Waals surface area contributed by atoms with Crippen LogP contribution in [0.3, 0.4) is 0 Å². The molecular formula is C20H24N2O4. The molecule has 0 fully saturated rings. The summed E-state index contributed by atoms with van der Waals surface area (Å²) in [5.74, 6) is 1.22. The molecule has 0 heterocycles. The molecule has 0 spiro atoms. The Labute approximate surface area is 153 Å². The van der Waals surface area contributed by atoms with Gasteiger partial charge in [0.1, 0.15) is 12.2 Å². The molecule has 6 heteroatoms. The number of hydrogen-bond donors (Lipinski definition) is 1. The molecule has 0 saturated heterocycles. The number of nitrogens with zero attached hydrogens (tertiary/aromatic N) is 1. The van der Waals surface area contributed by atoms with Crippen molar-refractivity contribution in [1.29, 1.82) is 0 Å². The minimum Gasteiger partial charge on any atom is -0.493 e. The van der Waals surface area contributed by atoms with E-state index in [9.17, 15) is 4.79 Å². The lowest BCUT2D eigenvalue weighted by Crippen LogP contribution is -2.29. The second-order valence-electron chi connectivity index (χ2n) is 6.56. The van der Waals surface area contributed by atoms with E-state index in [0.717, 1.165) is 11.1 Å². The zero-order chi connectivity index (χ0) is 19.0. The minimum atomic E-state index is -0.609. The summed E-state index contributed by atoms with van der Waals surface area (Å²) in [5, 5.41) is 3.89. The minimum absolute atomic E-state index is 0.425. The fourth-order valence-corrected chi connectivity index (χ4v) is 2.08. The van der Waals surface area contributed by atoms with Crippen LogP contribution in [-0.2, 0) is 11.3 Å². The maximum absolute atomic E-state index is 11.6. The van der Waals surface area contributed by atoms with Crippen molar-refractivity contribution in [2.24, 2.45) is 5.10 Å². The van der Waals surface area contributed by atoms with Gasteiger partial charge in [0.05, 0.1) is 13.3 Å². The molecule has 0 aliphatic carbocycles. The molecule has 1 amide bonds. The highest BCUT2D eigenvalue weighted by molar-refractivity contribution is 5.82. The van der Waals surface area contributed by atoms with Gasteiger partial charge in [-0.25, -0.2) is 10.2 Å². The number of hydrogen-bond acceptors (Lipinski definition) is 5. The van der Waals surface area contributed by atoms with Gasteiger partial charge >= 0.3 is 6.09 Å². The molecule has 0 atom stereocenters. The Kier molecular flexibility index (Phi) is 6.60. The van der Waals surface area contributed by atoms with E-state index in [4.69, 9.17) is 14.2 Å². The Hall–Kier alpha value is -3.02. The summed E-state index contributed by atoms with van der Waals surface area (Å²) in [6.45, 7) is 5.79. The fraction of sp³-hybridized carbons (Fsp3) is 0.300. The maximum Gasteiger partial charge on any atom is 0.428 e. The Morgan fingerprint density at radius 3 is 2.50 bits per heavy atom. The zero-order valence-corrected chi connectivity index (χ0v) is 15.5. The molecule has 2 aromatic carbocycles. The van der Waals surface area contributed by atoms with E-state index >= 15 is 0 Å². The summed E-state index contributed by atoms with van der Waals surface area (Å²) in [6.07, 6.45) is 0.904. The second kappa shape index (κ2) is 8.89. The van der Waals surface area contributed by atoms with E-state index in [1.807, 2.05) is 36.4 Å². The zero-order valence-electron chi connectivity index (χ0n) is 15.5. The van der Waals surface area contributed by atoms with Crippen molar-refractivity contribution in [3.63, 3.8) is 0 Å². The standard InChI is InChI=1S/C20H24N2O4/c1-20(2,3)26-19(23)22-21-13-16-10-11-17(24-4)18(12-16)25-14-15-8-6-5-7-9-15/h5-13H,14H2,1-4H3,(H,22,23)/b21-13+. The van der Waals surface area contributed by atoms with Crippen LogP contribution >= 0.6 is 0 Å². The highest BCUT2D eigenvalue weighted by Gasteiger charge is 2.15. The van der Waals surface area contributed by atoms with Crippen molar-refractivity contribution in [1.82, 2.24) is 5.43 Å². The van der Waals surface area contributed by atoms with E-state index < -0.39 is 11.7 Å². The molecule has 0 unspecified atom stereocenters. The van der Waals surface area contributed by atoms with Gasteiger partial charge < -0.3 is 14.2 Å². The molecule has 6 nitrogen and oxygen atoms in total. The molecule has 26 heavy (non-hydrogen) atoms. The van der Waals surface area contributed by atoms with Gasteiger partial charge in [-0.1, -0.05) is 30.3 Å². The Balaban J connectivity index is 2.01. The second-order valence-corrected chi connectivity index (χ2v) is 6.56. The van der Waals surface area contributed by atoms with Gasteiger partial charge in [-0.15, -0.1) is 0 Å². The van der Waals surface area contributed by atoms with Gasteiger partial charge in [0, 0.05) is 0 Å². The van der Waals surface area contributed by atoms with E-state index in [2.05, 4.69) is 10.5 Å². The molecule has 0 saturated carbocycles. The SMILES string of the molecule is COc1ccc(/C=N/NC(=O)OC(C)(C)C)cc1OCc1ccccc1. The first kappa shape index (κ1) is 19.3. The van der Waals surface area contributed by atoms with Gasteiger partial charge in [-0.05, 0) is 50.1 Å². The van der Waals surface area contributed by atoms with Crippen LogP contribution in [0, 0.1) is 0 Å². The third kappa shape index (κ3) is 6.47. The van der Waals surface area contributed by atoms with Crippen LogP contribution in [0.1, 0.15) is 31.9 Å². The highest BCUT2D eigenvalue weighted by Crippen LogP contribution is 2.28. The van der Waals surface area contributed by atoms with Crippen molar-refractivity contribution < 1.29 is 19.0 Å². The Bertz CT molecular complexity index is 752. The predicted octanol–water partition coefficient (Wildman–Crippen LogP) is 4.13. The highest BCUT2D eigenvalue weighted by atomic mass is 16.6. The number of carbonyl (C=O) groups is 1. The predicted molar refractivity (Wildman–Crippen MR) is 101 cm³/mol. The van der Waals surface area contributed by atoms with E-state index in [-0.39, 0.29) is 0 Å². The number of carbonyl (C=O) groups excluding carboxylic acids is 1. The monoisotopic (exact) mass is 356 g/mol. The van der Waals surface area contributed by atoms with Crippen LogP contribution in [0.15, 0.2) is 53.6 Å². The lowest BCUT2D eigenvalue weighted by Gasteiger charge is -2.18. The van der Waals surface area contributed by atoms with Crippen molar-refractivity contribution in [3.05, 3.63) is 59.7 Å². The molecular weight excluding hydrogens is 332 g/mol. The number of methoxy groups -OCH3 is 1. The number of benzene rings is 2. The third-order valence-corrected chi connectivity index (χ3v) is 3.19. The van der Waals surface area contributed by atoms with Crippen molar-refractivity contribution in [2.45, 2.75) is 33.0 Å². The van der Waals surface area contributed by atoms with E-state index in [1.165, 1.54) is 6.21 Å². The fourth-order valence-electron chi connectivity index (χ4n) is 2.08. The normalized spacial score (nSPS) is 11.2. The molecule has 0 radical (unpaired) electrons. The number of nitrogens with one attached hydrogen (secondary N) is 1. The summed E-state index contributed by atoms with van der Waals surface area (Å²) in [5.41, 5.74) is 3.57. The average Bonchev–Trinajstić information content (AvgIpc) is 2.59. The molecule has 2 aromatic rings. The number of ether oxygens (including phenoxy) is 3. The van der Waals surface area contributed by atoms with Crippen LogP contribution in [0.25, 0.3) is 0 Å². The van der Waals surface area contributed by atoms with Gasteiger partial charge in [0.2, 0.25) is 0 Å². The summed E-state index contributed by atoms with van der Waals surface area (Å²) in [4.78, 5) is 11.6. The van der Waals surface area contributed by atoms with Gasteiger partial charge in [-0.3, -0.25) is 0 Å². The molecule has 0 aliphatic rings. The van der Waals surface area contributed by atoms with E-state index in [0.29, 0.717) is 18.1 Å². The first-order chi connectivity index (χ1) is 12.4. The van der Waals surface area contributed by atoms with Gasteiger partial charge in [0.25, 0.3) is 0 Å². The summed E-state index contributed by atoms with van der Waals surface area (Å²) in [7, 11) is 1.59. The van der Waals surface area contributed by atoms with Crippen LogP contribution in [0.2, 0.25) is 0 Å². The van der Waals surface area contributed by atoms with Gasteiger partial charge in [0.15, 0.2) is 11.5 Å². The number of hydrazone groups is 1. The number of amides is 1. The third-order valence-electron chi connectivity index (χ3n) is 3.19. The van der Waals surface area contributed by atoms with Crippen molar-refractivity contribution >= 4 is 12.3 Å². The number of rotatable bonds is 6. The lowest BCUT2D eigenvalue weighted by molar-refractivity contribution is 0.0529. The molecule has 0 aromatic heterocycles. The van der Waals surface area contributed by atoms with Crippen LogP contribution in [0.4, 0.5) is 4.79 Å². The quantitative estimate of drug-likeness (QED) is 0.624. The van der Waals surface area contributed by atoms with Crippen LogP contribution < -0.4 is 14.9 Å². The van der Waals surface area contributed by atoms with E-state index in [1.54, 1.807) is 40.0 Å². The first-order valence-electron chi connectivity index (χ1n) is 8.24. The molecule has 0 aliphatic heterocycles. The molecule has 2 rings (SSSR count). The van der Waals surface area contributed by atoms with Crippen molar-refractivity contribution in [3.8, 4) is 11.5 Å². The summed E-state index contributed by atoms with van der Waals surface area (Å²) >= 11 is 0. The molecule has 138 valence electrons. The lowest BCUT2D eigenvalue weighted by atomic mass is 10.2. The first-order valence-corrected chi connectivity index (χ1v) is 8.24. The average molecular weight is 356 g/mol. The topological polar surface area (TPSA) is 69.2 Å². The van der Waals surface area contributed by atoms with Gasteiger partial charge in [-0.2, -0.15) is 5.10 Å². The van der Waals surface area contributed by atoms with Crippen molar-refractivity contribution in [2.75, 3.05) is 7.11 Å². The Morgan fingerprint density at radius 2 is 1.85 bits per heavy atom. The van der Waals surface area contributed by atoms with Crippen LogP contribution in [-0.4, -0.2) is 25.0 Å². The molecule has 0 bridgehead atoms. The Morgan fingerprint density at radius 1 is 1.12 bits per heavy atom. The smallest absolute Gasteiger partial charge is 0.428 e. The maximum atomic E-state index is 11.6. The van der Waals surface area contributed by atoms with Crippen LogP contribution in [0.5, 0.6) is 11.5 Å². The largest absolute Gasteiger partial charge is 0.493 e. The summed E-state index contributed by atoms with van der Waals surface area (Å²) < 4.78 is 16.3.